The van der Waals surface area contributed by atoms with Gasteiger partial charge in [0, 0.05) is 6.08 Å². The van der Waals surface area contributed by atoms with Gasteiger partial charge in [-0.2, -0.15) is 0 Å². The predicted octanol–water partition coefficient (Wildman–Crippen LogP) is 3.85. The fourth-order valence-electron chi connectivity index (χ4n) is 2.00. The number of rotatable bonds is 6. The Hall–Kier alpha value is -2.79. The number of halogens is 1. The van der Waals surface area contributed by atoms with E-state index < -0.39 is 18.5 Å². The molecule has 0 aliphatic rings. The third-order valence-corrected chi connectivity index (χ3v) is 3.56. The van der Waals surface area contributed by atoms with Crippen LogP contribution < -0.4 is 10.1 Å². The van der Waals surface area contributed by atoms with Gasteiger partial charge in [-0.05, 0) is 48.4 Å². The number of esters is 1. The molecular formula is C19H18ClNO4. The van der Waals surface area contributed by atoms with Crippen molar-refractivity contribution in [2.75, 3.05) is 19.0 Å². The molecule has 6 heteroatoms. The van der Waals surface area contributed by atoms with Gasteiger partial charge in [0.05, 0.1) is 17.8 Å². The van der Waals surface area contributed by atoms with E-state index in [0.717, 1.165) is 11.1 Å². The van der Waals surface area contributed by atoms with Gasteiger partial charge in [-0.25, -0.2) is 4.79 Å². The lowest BCUT2D eigenvalue weighted by Crippen LogP contribution is -2.20. The van der Waals surface area contributed by atoms with Gasteiger partial charge in [-0.3, -0.25) is 4.79 Å². The van der Waals surface area contributed by atoms with Gasteiger partial charge >= 0.3 is 5.97 Å². The molecule has 0 spiro atoms. The summed E-state index contributed by atoms with van der Waals surface area (Å²) in [5, 5.41) is 3.02. The van der Waals surface area contributed by atoms with Crippen LogP contribution >= 0.6 is 11.6 Å². The van der Waals surface area contributed by atoms with Crippen molar-refractivity contribution >= 4 is 35.2 Å². The number of hydrogen-bond acceptors (Lipinski definition) is 4. The minimum atomic E-state index is -0.618. The Balaban J connectivity index is 1.84. The highest BCUT2D eigenvalue weighted by molar-refractivity contribution is 6.33. The van der Waals surface area contributed by atoms with Crippen LogP contribution in [0, 0.1) is 6.92 Å². The van der Waals surface area contributed by atoms with Crippen molar-refractivity contribution in [3.8, 4) is 5.75 Å². The molecule has 130 valence electrons. The molecule has 0 aromatic heterocycles. The second-order valence-electron chi connectivity index (χ2n) is 5.25. The summed E-state index contributed by atoms with van der Waals surface area (Å²) < 4.78 is 10.0. The summed E-state index contributed by atoms with van der Waals surface area (Å²) in [6, 6.07) is 12.5. The number of nitrogens with one attached hydrogen (secondary N) is 1. The number of methoxy groups -OCH3 is 1. The molecule has 2 rings (SSSR count). The van der Waals surface area contributed by atoms with Crippen LogP contribution in [-0.2, 0) is 14.3 Å². The van der Waals surface area contributed by atoms with Gasteiger partial charge < -0.3 is 14.8 Å². The molecule has 2 aromatic carbocycles. The van der Waals surface area contributed by atoms with E-state index in [1.165, 1.54) is 6.08 Å². The molecule has 0 saturated carbocycles. The molecule has 0 heterocycles. The number of ether oxygens (including phenoxy) is 2. The number of anilines is 1. The number of carbonyl (C=O) groups is 2. The van der Waals surface area contributed by atoms with Crippen molar-refractivity contribution in [1.82, 2.24) is 0 Å². The maximum absolute atomic E-state index is 11.8. The van der Waals surface area contributed by atoms with E-state index >= 15 is 0 Å². The Morgan fingerprint density at radius 2 is 2.00 bits per heavy atom. The number of aryl methyl sites for hydroxylation is 1. The highest BCUT2D eigenvalue weighted by Crippen LogP contribution is 2.22. The standard InChI is InChI=1S/C19H18ClNO4/c1-13-6-8-17(16(20)10-13)21-18(22)12-25-19(23)9-7-14-4-3-5-15(11-14)24-2/h3-11H,12H2,1-2H3,(H,21,22). The lowest BCUT2D eigenvalue weighted by molar-refractivity contribution is -0.142. The lowest BCUT2D eigenvalue weighted by atomic mass is 10.2. The zero-order valence-corrected chi connectivity index (χ0v) is 14.7. The van der Waals surface area contributed by atoms with Gasteiger partial charge in [0.15, 0.2) is 6.61 Å². The van der Waals surface area contributed by atoms with E-state index in [-0.39, 0.29) is 0 Å². The molecule has 1 N–H and O–H groups in total. The first kappa shape index (κ1) is 18.5. The summed E-state index contributed by atoms with van der Waals surface area (Å²) in [5.41, 5.74) is 2.24. The normalized spacial score (nSPS) is 10.5. The molecule has 0 fully saturated rings. The molecule has 0 aliphatic heterocycles. The smallest absolute Gasteiger partial charge is 0.331 e. The number of carbonyl (C=O) groups excluding carboxylic acids is 2. The third-order valence-electron chi connectivity index (χ3n) is 3.25. The van der Waals surface area contributed by atoms with Gasteiger partial charge in [0.2, 0.25) is 0 Å². The average Bonchev–Trinajstić information content (AvgIpc) is 2.60. The van der Waals surface area contributed by atoms with Crippen LogP contribution in [0.4, 0.5) is 5.69 Å². The largest absolute Gasteiger partial charge is 0.497 e. The fourth-order valence-corrected chi connectivity index (χ4v) is 2.28. The SMILES string of the molecule is COc1cccc(C=CC(=O)OCC(=O)Nc2ccc(C)cc2Cl)c1. The maximum Gasteiger partial charge on any atom is 0.331 e. The Bertz CT molecular complexity index is 802. The van der Waals surface area contributed by atoms with E-state index in [1.807, 2.05) is 25.1 Å². The molecule has 1 amide bonds. The lowest BCUT2D eigenvalue weighted by Gasteiger charge is -2.07. The van der Waals surface area contributed by atoms with E-state index in [2.05, 4.69) is 5.32 Å². The van der Waals surface area contributed by atoms with Crippen molar-refractivity contribution in [2.45, 2.75) is 6.92 Å². The fraction of sp³-hybridized carbons (Fsp3) is 0.158. The Labute approximate surface area is 151 Å². The van der Waals surface area contributed by atoms with Crippen LogP contribution in [-0.4, -0.2) is 25.6 Å². The zero-order valence-electron chi connectivity index (χ0n) is 13.9. The van der Waals surface area contributed by atoms with Crippen LogP contribution in [0.25, 0.3) is 6.08 Å². The minimum absolute atomic E-state index is 0.397. The van der Waals surface area contributed by atoms with E-state index in [1.54, 1.807) is 37.5 Å². The van der Waals surface area contributed by atoms with Crippen LogP contribution in [0.2, 0.25) is 5.02 Å². The van der Waals surface area contributed by atoms with Crippen molar-refractivity contribution in [1.29, 1.82) is 0 Å². The van der Waals surface area contributed by atoms with Gasteiger partial charge in [-0.1, -0.05) is 29.8 Å². The monoisotopic (exact) mass is 359 g/mol. The predicted molar refractivity (Wildman–Crippen MR) is 97.8 cm³/mol. The molecule has 0 aliphatic carbocycles. The van der Waals surface area contributed by atoms with E-state index in [9.17, 15) is 9.59 Å². The second-order valence-corrected chi connectivity index (χ2v) is 5.66. The van der Waals surface area contributed by atoms with Gasteiger partial charge in [0.25, 0.3) is 5.91 Å². The van der Waals surface area contributed by atoms with E-state index in [0.29, 0.717) is 16.5 Å². The van der Waals surface area contributed by atoms with Crippen molar-refractivity contribution < 1.29 is 19.1 Å². The topological polar surface area (TPSA) is 64.6 Å². The molecule has 25 heavy (non-hydrogen) atoms. The zero-order chi connectivity index (χ0) is 18.2. The van der Waals surface area contributed by atoms with Crippen LogP contribution in [0.1, 0.15) is 11.1 Å². The summed E-state index contributed by atoms with van der Waals surface area (Å²) in [4.78, 5) is 23.5. The molecule has 5 nitrogen and oxygen atoms in total. The molecule has 0 atom stereocenters. The third kappa shape index (κ3) is 5.97. The molecular weight excluding hydrogens is 342 g/mol. The number of hydrogen-bond donors (Lipinski definition) is 1. The van der Waals surface area contributed by atoms with Crippen LogP contribution in [0.5, 0.6) is 5.75 Å². The first-order chi connectivity index (χ1) is 12.0. The average molecular weight is 360 g/mol. The second kappa shape index (κ2) is 8.89. The summed E-state index contributed by atoms with van der Waals surface area (Å²) in [6.07, 6.45) is 2.83. The van der Waals surface area contributed by atoms with Crippen LogP contribution in [0.15, 0.2) is 48.5 Å². The summed E-state index contributed by atoms with van der Waals surface area (Å²) in [6.45, 7) is 1.50. The highest BCUT2D eigenvalue weighted by Gasteiger charge is 2.08. The maximum atomic E-state index is 11.8. The Morgan fingerprint density at radius 3 is 2.72 bits per heavy atom. The Kier molecular flexibility index (Phi) is 6.60. The van der Waals surface area contributed by atoms with Gasteiger partial charge in [-0.15, -0.1) is 0 Å². The quantitative estimate of drug-likeness (QED) is 0.628. The van der Waals surface area contributed by atoms with Gasteiger partial charge in [0.1, 0.15) is 5.75 Å². The Morgan fingerprint density at radius 1 is 1.20 bits per heavy atom. The first-order valence-electron chi connectivity index (χ1n) is 7.53. The molecule has 0 unspecified atom stereocenters. The summed E-state index contributed by atoms with van der Waals surface area (Å²) in [5.74, 6) is -0.397. The summed E-state index contributed by atoms with van der Waals surface area (Å²) >= 11 is 6.03. The molecule has 0 bridgehead atoms. The van der Waals surface area contributed by atoms with Crippen molar-refractivity contribution in [3.05, 3.63) is 64.7 Å². The number of benzene rings is 2. The van der Waals surface area contributed by atoms with Crippen molar-refractivity contribution in [3.63, 3.8) is 0 Å². The molecule has 0 saturated heterocycles. The molecule has 2 aromatic rings. The first-order valence-corrected chi connectivity index (χ1v) is 7.90. The van der Waals surface area contributed by atoms with Crippen LogP contribution in [0.3, 0.4) is 0 Å². The highest BCUT2D eigenvalue weighted by atomic mass is 35.5. The van der Waals surface area contributed by atoms with E-state index in [4.69, 9.17) is 21.1 Å². The minimum Gasteiger partial charge on any atom is -0.497 e. The number of amides is 1. The molecule has 0 radical (unpaired) electrons. The van der Waals surface area contributed by atoms with Crippen molar-refractivity contribution in [2.24, 2.45) is 0 Å². The summed E-state index contributed by atoms with van der Waals surface area (Å²) in [7, 11) is 1.57.